The maximum absolute atomic E-state index is 5.79. The smallest absolute Gasteiger partial charge is 0.0591 e. The third kappa shape index (κ3) is 15.2. The summed E-state index contributed by atoms with van der Waals surface area (Å²) < 4.78 is 11.6. The Labute approximate surface area is 145 Å². The highest BCUT2D eigenvalue weighted by Gasteiger charge is 2.06. The van der Waals surface area contributed by atoms with E-state index >= 15 is 0 Å². The molecule has 0 spiro atoms. The molecular formula is C20H43NO2. The van der Waals surface area contributed by atoms with Crippen molar-refractivity contribution in [3.05, 3.63) is 0 Å². The van der Waals surface area contributed by atoms with E-state index in [4.69, 9.17) is 9.47 Å². The van der Waals surface area contributed by atoms with Crippen LogP contribution in [0.1, 0.15) is 79.1 Å². The van der Waals surface area contributed by atoms with Gasteiger partial charge in [0.15, 0.2) is 0 Å². The quantitative estimate of drug-likeness (QED) is 0.357. The van der Waals surface area contributed by atoms with Gasteiger partial charge in [-0.1, -0.05) is 66.2 Å². The molecule has 0 fully saturated rings. The minimum atomic E-state index is 0.743. The Balaban J connectivity index is 3.35. The van der Waals surface area contributed by atoms with Crippen molar-refractivity contribution in [2.75, 3.05) is 39.5 Å². The van der Waals surface area contributed by atoms with Gasteiger partial charge in [-0.2, -0.15) is 0 Å². The molecule has 0 heterocycles. The fraction of sp³-hybridized carbons (Fsp3) is 1.00. The average molecular weight is 330 g/mol. The van der Waals surface area contributed by atoms with Crippen LogP contribution in [0, 0.1) is 11.8 Å². The number of rotatable bonds is 18. The van der Waals surface area contributed by atoms with Crippen molar-refractivity contribution >= 4 is 0 Å². The lowest BCUT2D eigenvalue weighted by atomic mass is 10.0. The normalized spacial score (nSPS) is 14.1. The van der Waals surface area contributed by atoms with Gasteiger partial charge in [-0.25, -0.2) is 0 Å². The SMILES string of the molecule is CCCC[C@@H](CC)COCCNCCOC[C@@H](CC)CCCC. The lowest BCUT2D eigenvalue weighted by molar-refractivity contribution is 0.0841. The molecule has 0 aromatic heterocycles. The minimum Gasteiger partial charge on any atom is -0.380 e. The van der Waals surface area contributed by atoms with E-state index in [1.807, 2.05) is 0 Å². The predicted molar refractivity (Wildman–Crippen MR) is 101 cm³/mol. The van der Waals surface area contributed by atoms with Crippen LogP contribution in [0.2, 0.25) is 0 Å². The second-order valence-corrected chi connectivity index (χ2v) is 6.73. The van der Waals surface area contributed by atoms with Crippen LogP contribution in [0.25, 0.3) is 0 Å². The Bertz CT molecular complexity index is 202. The highest BCUT2D eigenvalue weighted by molar-refractivity contribution is 4.57. The Kier molecular flexibility index (Phi) is 18.1. The van der Waals surface area contributed by atoms with E-state index in [2.05, 4.69) is 33.0 Å². The summed E-state index contributed by atoms with van der Waals surface area (Å²) in [4.78, 5) is 0. The molecule has 0 saturated carbocycles. The van der Waals surface area contributed by atoms with Crippen molar-refractivity contribution in [2.24, 2.45) is 11.8 Å². The maximum atomic E-state index is 5.79. The molecule has 0 saturated heterocycles. The van der Waals surface area contributed by atoms with E-state index < -0.39 is 0 Å². The lowest BCUT2D eigenvalue weighted by Crippen LogP contribution is -2.25. The average Bonchev–Trinajstić information content (AvgIpc) is 2.58. The molecule has 0 unspecified atom stereocenters. The van der Waals surface area contributed by atoms with Crippen molar-refractivity contribution in [3.63, 3.8) is 0 Å². The van der Waals surface area contributed by atoms with E-state index in [1.54, 1.807) is 0 Å². The molecule has 140 valence electrons. The van der Waals surface area contributed by atoms with Gasteiger partial charge >= 0.3 is 0 Å². The van der Waals surface area contributed by atoms with Crippen LogP contribution in [0.15, 0.2) is 0 Å². The van der Waals surface area contributed by atoms with Gasteiger partial charge < -0.3 is 14.8 Å². The van der Waals surface area contributed by atoms with E-state index in [9.17, 15) is 0 Å². The van der Waals surface area contributed by atoms with Gasteiger partial charge in [0, 0.05) is 26.3 Å². The molecule has 0 aromatic carbocycles. The van der Waals surface area contributed by atoms with Crippen LogP contribution in [0.3, 0.4) is 0 Å². The van der Waals surface area contributed by atoms with E-state index in [1.165, 1.54) is 51.4 Å². The van der Waals surface area contributed by atoms with Crippen LogP contribution >= 0.6 is 0 Å². The second-order valence-electron chi connectivity index (χ2n) is 6.73. The zero-order chi connectivity index (χ0) is 17.2. The first-order valence-corrected chi connectivity index (χ1v) is 10.1. The Hall–Kier alpha value is -0.120. The molecule has 1 N–H and O–H groups in total. The zero-order valence-corrected chi connectivity index (χ0v) is 16.4. The number of nitrogens with one attached hydrogen (secondary N) is 1. The number of hydrogen-bond acceptors (Lipinski definition) is 3. The van der Waals surface area contributed by atoms with Gasteiger partial charge in [0.25, 0.3) is 0 Å². The second kappa shape index (κ2) is 18.2. The molecule has 0 aliphatic heterocycles. The highest BCUT2D eigenvalue weighted by atomic mass is 16.5. The topological polar surface area (TPSA) is 30.5 Å². The molecule has 0 amide bonds. The van der Waals surface area contributed by atoms with Crippen LogP contribution in [-0.2, 0) is 9.47 Å². The molecule has 0 radical (unpaired) electrons. The Morgan fingerprint density at radius 1 is 0.696 bits per heavy atom. The van der Waals surface area contributed by atoms with Gasteiger partial charge in [-0.15, -0.1) is 0 Å². The van der Waals surface area contributed by atoms with E-state index in [0.717, 1.165) is 51.4 Å². The summed E-state index contributed by atoms with van der Waals surface area (Å²) in [5, 5.41) is 3.41. The van der Waals surface area contributed by atoms with Gasteiger partial charge in [0.05, 0.1) is 13.2 Å². The number of ether oxygens (including phenoxy) is 2. The van der Waals surface area contributed by atoms with Crippen molar-refractivity contribution in [2.45, 2.75) is 79.1 Å². The van der Waals surface area contributed by atoms with Crippen molar-refractivity contribution in [3.8, 4) is 0 Å². The molecule has 0 aliphatic carbocycles. The first-order valence-electron chi connectivity index (χ1n) is 10.1. The van der Waals surface area contributed by atoms with Crippen LogP contribution in [0.4, 0.5) is 0 Å². The first kappa shape index (κ1) is 22.9. The third-order valence-electron chi connectivity index (χ3n) is 4.64. The lowest BCUT2D eigenvalue weighted by Gasteiger charge is -2.15. The van der Waals surface area contributed by atoms with E-state index in [-0.39, 0.29) is 0 Å². The predicted octanol–water partition coefficient (Wildman–Crippen LogP) is 5.04. The standard InChI is InChI=1S/C20H43NO2/c1-5-9-11-19(7-3)17-22-15-13-21-14-16-23-18-20(8-4)12-10-6-2/h19-21H,5-18H2,1-4H3/t19-,20+. The largest absolute Gasteiger partial charge is 0.380 e. The summed E-state index contributed by atoms with van der Waals surface area (Å²) in [6, 6.07) is 0. The fourth-order valence-electron chi connectivity index (χ4n) is 2.71. The van der Waals surface area contributed by atoms with Gasteiger partial charge in [0.2, 0.25) is 0 Å². The molecular weight excluding hydrogens is 286 g/mol. The van der Waals surface area contributed by atoms with Gasteiger partial charge in [-0.05, 0) is 24.7 Å². The van der Waals surface area contributed by atoms with E-state index in [0.29, 0.717) is 0 Å². The van der Waals surface area contributed by atoms with Crippen LogP contribution < -0.4 is 5.32 Å². The molecule has 23 heavy (non-hydrogen) atoms. The van der Waals surface area contributed by atoms with Gasteiger partial charge in [-0.3, -0.25) is 0 Å². The Morgan fingerprint density at radius 2 is 1.13 bits per heavy atom. The van der Waals surface area contributed by atoms with Crippen molar-refractivity contribution < 1.29 is 9.47 Å². The van der Waals surface area contributed by atoms with Crippen molar-refractivity contribution in [1.29, 1.82) is 0 Å². The Morgan fingerprint density at radius 3 is 1.48 bits per heavy atom. The molecule has 0 rings (SSSR count). The van der Waals surface area contributed by atoms with Crippen LogP contribution in [0.5, 0.6) is 0 Å². The van der Waals surface area contributed by atoms with Crippen molar-refractivity contribution in [1.82, 2.24) is 5.32 Å². The summed E-state index contributed by atoms with van der Waals surface area (Å²) in [6.45, 7) is 14.4. The summed E-state index contributed by atoms with van der Waals surface area (Å²) in [6.07, 6.45) is 10.3. The number of hydrogen-bond donors (Lipinski definition) is 1. The summed E-state index contributed by atoms with van der Waals surface area (Å²) >= 11 is 0. The third-order valence-corrected chi connectivity index (χ3v) is 4.64. The molecule has 3 nitrogen and oxygen atoms in total. The summed E-state index contributed by atoms with van der Waals surface area (Å²) in [5.41, 5.74) is 0. The maximum Gasteiger partial charge on any atom is 0.0591 e. The minimum absolute atomic E-state index is 0.743. The molecule has 0 aliphatic rings. The fourth-order valence-corrected chi connectivity index (χ4v) is 2.71. The highest BCUT2D eigenvalue weighted by Crippen LogP contribution is 2.13. The van der Waals surface area contributed by atoms with Gasteiger partial charge in [0.1, 0.15) is 0 Å². The van der Waals surface area contributed by atoms with Crippen LogP contribution in [-0.4, -0.2) is 39.5 Å². The molecule has 0 bridgehead atoms. The first-order chi connectivity index (χ1) is 11.3. The summed E-state index contributed by atoms with van der Waals surface area (Å²) in [5.74, 6) is 1.49. The number of unbranched alkanes of at least 4 members (excludes halogenated alkanes) is 2. The zero-order valence-electron chi connectivity index (χ0n) is 16.4. The summed E-state index contributed by atoms with van der Waals surface area (Å²) in [7, 11) is 0. The molecule has 2 atom stereocenters. The monoisotopic (exact) mass is 329 g/mol. The molecule has 3 heteroatoms. The molecule has 0 aromatic rings.